The highest BCUT2D eigenvalue weighted by atomic mass is 35.5. The Morgan fingerprint density at radius 1 is 0.581 bits per heavy atom. The predicted octanol–water partition coefficient (Wildman–Crippen LogP) is 7.04. The van der Waals surface area contributed by atoms with Crippen LogP contribution >= 0.6 is 11.6 Å². The molecule has 0 atom stereocenters. The zero-order chi connectivity index (χ0) is 21.7. The molecule has 31 heavy (non-hydrogen) atoms. The first-order chi connectivity index (χ1) is 15.0. The van der Waals surface area contributed by atoms with E-state index in [-0.39, 0.29) is 4.90 Å². The van der Waals surface area contributed by atoms with Gasteiger partial charge < -0.3 is 0 Å². The quantitative estimate of drug-likeness (QED) is 0.298. The van der Waals surface area contributed by atoms with Gasteiger partial charge in [-0.05, 0) is 59.7 Å². The fraction of sp³-hybridized carbons (Fsp3) is 0. The number of benzene rings is 4. The minimum Gasteiger partial charge on any atom is -0.235 e. The molecular weight excluding hydrogens is 426 g/mol. The molecule has 0 bridgehead atoms. The van der Waals surface area contributed by atoms with Crippen LogP contribution in [0.15, 0.2) is 114 Å². The Bertz CT molecular complexity index is 1230. The fourth-order valence-electron chi connectivity index (χ4n) is 3.18. The number of hydrogen-bond acceptors (Lipinski definition) is 2. The van der Waals surface area contributed by atoms with Crippen LogP contribution in [0.4, 0.5) is 11.4 Å². The summed E-state index contributed by atoms with van der Waals surface area (Å²) in [4.78, 5) is 0.226. The maximum atomic E-state index is 13.6. The molecule has 4 rings (SSSR count). The van der Waals surface area contributed by atoms with Crippen molar-refractivity contribution < 1.29 is 8.42 Å². The Kier molecular flexibility index (Phi) is 6.21. The minimum atomic E-state index is -3.80. The Morgan fingerprint density at radius 3 is 1.45 bits per heavy atom. The largest absolute Gasteiger partial charge is 0.268 e. The van der Waals surface area contributed by atoms with Gasteiger partial charge in [-0.3, -0.25) is 0 Å². The summed E-state index contributed by atoms with van der Waals surface area (Å²) in [6.07, 6.45) is 3.89. The standard InChI is InChI=1S/C26H20ClNO2S/c27-23-17-13-21(14-18-23)11-12-22-15-19-26(20-16-22)31(29,30)28(24-7-3-1-4-8-24)25-9-5-2-6-10-25/h1-20H/b12-11+. The highest BCUT2D eigenvalue weighted by molar-refractivity contribution is 7.93. The van der Waals surface area contributed by atoms with E-state index < -0.39 is 10.0 Å². The number of anilines is 2. The van der Waals surface area contributed by atoms with E-state index in [0.29, 0.717) is 16.4 Å². The van der Waals surface area contributed by atoms with Crippen molar-refractivity contribution in [2.24, 2.45) is 0 Å². The van der Waals surface area contributed by atoms with E-state index in [2.05, 4.69) is 0 Å². The topological polar surface area (TPSA) is 37.4 Å². The van der Waals surface area contributed by atoms with Crippen LogP contribution in [0.1, 0.15) is 11.1 Å². The molecule has 0 unspecified atom stereocenters. The molecule has 0 aliphatic rings. The second kappa shape index (κ2) is 9.21. The average Bonchev–Trinajstić information content (AvgIpc) is 2.80. The number of nitrogens with zero attached hydrogens (tertiary/aromatic N) is 1. The number of halogens is 1. The van der Waals surface area contributed by atoms with Crippen molar-refractivity contribution in [1.29, 1.82) is 0 Å². The van der Waals surface area contributed by atoms with Crippen LogP contribution in [-0.2, 0) is 10.0 Å². The average molecular weight is 446 g/mol. The molecular formula is C26H20ClNO2S. The third kappa shape index (κ3) is 4.88. The summed E-state index contributed by atoms with van der Waals surface area (Å²) in [5.74, 6) is 0. The summed E-state index contributed by atoms with van der Waals surface area (Å²) in [6, 6.07) is 32.5. The lowest BCUT2D eigenvalue weighted by molar-refractivity contribution is 0.596. The number of sulfonamides is 1. The first kappa shape index (κ1) is 20.9. The van der Waals surface area contributed by atoms with E-state index in [0.717, 1.165) is 11.1 Å². The van der Waals surface area contributed by atoms with E-state index in [1.807, 2.05) is 72.8 Å². The molecule has 0 heterocycles. The van der Waals surface area contributed by atoms with Crippen LogP contribution in [0.25, 0.3) is 12.2 Å². The molecule has 3 nitrogen and oxygen atoms in total. The molecule has 0 saturated heterocycles. The minimum absolute atomic E-state index is 0.226. The molecule has 0 aromatic heterocycles. The van der Waals surface area contributed by atoms with Gasteiger partial charge in [-0.25, -0.2) is 12.7 Å². The summed E-state index contributed by atoms with van der Waals surface area (Å²) < 4.78 is 28.5. The Balaban J connectivity index is 1.66. The van der Waals surface area contributed by atoms with E-state index in [4.69, 9.17) is 11.6 Å². The lowest BCUT2D eigenvalue weighted by atomic mass is 10.1. The highest BCUT2D eigenvalue weighted by Gasteiger charge is 2.26. The molecule has 0 aliphatic heterocycles. The first-order valence-electron chi connectivity index (χ1n) is 9.73. The summed E-state index contributed by atoms with van der Waals surface area (Å²) in [6.45, 7) is 0. The Hall–Kier alpha value is -3.34. The molecule has 0 aliphatic carbocycles. The lowest BCUT2D eigenvalue weighted by Crippen LogP contribution is -2.26. The van der Waals surface area contributed by atoms with E-state index >= 15 is 0 Å². The van der Waals surface area contributed by atoms with Gasteiger partial charge in [0, 0.05) is 5.02 Å². The van der Waals surface area contributed by atoms with E-state index in [9.17, 15) is 8.42 Å². The summed E-state index contributed by atoms with van der Waals surface area (Å²) in [5, 5.41) is 0.688. The first-order valence-corrected chi connectivity index (χ1v) is 11.5. The van der Waals surface area contributed by atoms with Crippen LogP contribution in [0, 0.1) is 0 Å². The van der Waals surface area contributed by atoms with E-state index in [1.165, 1.54) is 4.31 Å². The van der Waals surface area contributed by atoms with Crippen LogP contribution in [0.2, 0.25) is 5.02 Å². The van der Waals surface area contributed by atoms with Crippen molar-refractivity contribution in [2.75, 3.05) is 4.31 Å². The zero-order valence-electron chi connectivity index (χ0n) is 16.6. The molecule has 0 N–H and O–H groups in total. The maximum absolute atomic E-state index is 13.6. The Labute approximate surface area is 187 Å². The van der Waals surface area contributed by atoms with Gasteiger partial charge in [0.15, 0.2) is 0 Å². The van der Waals surface area contributed by atoms with Crippen molar-refractivity contribution >= 4 is 45.2 Å². The van der Waals surface area contributed by atoms with Crippen LogP contribution < -0.4 is 4.31 Å². The van der Waals surface area contributed by atoms with Crippen molar-refractivity contribution in [1.82, 2.24) is 0 Å². The molecule has 5 heteroatoms. The second-order valence-corrected chi connectivity index (χ2v) is 9.12. The summed E-state index contributed by atoms with van der Waals surface area (Å²) in [5.41, 5.74) is 3.08. The van der Waals surface area contributed by atoms with Gasteiger partial charge in [0.25, 0.3) is 10.0 Å². The van der Waals surface area contributed by atoms with Crippen LogP contribution in [0.5, 0.6) is 0 Å². The predicted molar refractivity (Wildman–Crippen MR) is 129 cm³/mol. The number of para-hydroxylation sites is 2. The smallest absolute Gasteiger partial charge is 0.235 e. The molecule has 154 valence electrons. The molecule has 0 saturated carbocycles. The molecule has 0 amide bonds. The van der Waals surface area contributed by atoms with E-state index in [1.54, 1.807) is 48.5 Å². The summed E-state index contributed by atoms with van der Waals surface area (Å²) >= 11 is 5.92. The van der Waals surface area contributed by atoms with Gasteiger partial charge >= 0.3 is 0 Å². The van der Waals surface area contributed by atoms with Crippen molar-refractivity contribution in [3.05, 3.63) is 125 Å². The zero-order valence-corrected chi connectivity index (χ0v) is 18.2. The van der Waals surface area contributed by atoms with Gasteiger partial charge in [-0.1, -0.05) is 84.4 Å². The maximum Gasteiger partial charge on any atom is 0.268 e. The van der Waals surface area contributed by atoms with Gasteiger partial charge in [0.2, 0.25) is 0 Å². The third-order valence-corrected chi connectivity index (χ3v) is 6.76. The van der Waals surface area contributed by atoms with Crippen LogP contribution in [0.3, 0.4) is 0 Å². The Morgan fingerprint density at radius 2 is 1.00 bits per heavy atom. The highest BCUT2D eigenvalue weighted by Crippen LogP contribution is 2.32. The molecule has 0 fully saturated rings. The van der Waals surface area contributed by atoms with Gasteiger partial charge in [0.1, 0.15) is 0 Å². The monoisotopic (exact) mass is 445 g/mol. The second-order valence-electron chi connectivity index (χ2n) is 6.89. The molecule has 0 spiro atoms. The van der Waals surface area contributed by atoms with Crippen LogP contribution in [-0.4, -0.2) is 8.42 Å². The van der Waals surface area contributed by atoms with Gasteiger partial charge in [-0.2, -0.15) is 0 Å². The normalized spacial score (nSPS) is 11.5. The summed E-state index contributed by atoms with van der Waals surface area (Å²) in [7, 11) is -3.80. The third-order valence-electron chi connectivity index (χ3n) is 4.74. The molecule has 4 aromatic rings. The number of rotatable bonds is 6. The number of hydrogen-bond donors (Lipinski definition) is 0. The van der Waals surface area contributed by atoms with Crippen molar-refractivity contribution in [3.8, 4) is 0 Å². The molecule has 0 radical (unpaired) electrons. The van der Waals surface area contributed by atoms with Crippen molar-refractivity contribution in [3.63, 3.8) is 0 Å². The van der Waals surface area contributed by atoms with Gasteiger partial charge in [0.05, 0.1) is 16.3 Å². The molecule has 4 aromatic carbocycles. The SMILES string of the molecule is O=S(=O)(c1ccc(/C=C/c2ccc(Cl)cc2)cc1)N(c1ccccc1)c1ccccc1. The fourth-order valence-corrected chi connectivity index (χ4v) is 4.79. The lowest BCUT2D eigenvalue weighted by Gasteiger charge is -2.24. The van der Waals surface area contributed by atoms with Gasteiger partial charge in [-0.15, -0.1) is 0 Å². The van der Waals surface area contributed by atoms with Crippen molar-refractivity contribution in [2.45, 2.75) is 4.90 Å².